The van der Waals surface area contributed by atoms with Crippen molar-refractivity contribution in [2.45, 2.75) is 6.42 Å². The smallest absolute Gasteiger partial charge is 0.341 e. The summed E-state index contributed by atoms with van der Waals surface area (Å²) in [7, 11) is 0. The number of hydrogen-bond acceptors (Lipinski definition) is 4. The number of rotatable bonds is 3. The van der Waals surface area contributed by atoms with Crippen molar-refractivity contribution in [3.63, 3.8) is 0 Å². The fourth-order valence-corrected chi connectivity index (χ4v) is 1.82. The molecular weight excluding hydrogens is 222 g/mol. The average Bonchev–Trinajstić information content (AvgIpc) is 2.28. The molecule has 0 amide bonds. The lowest BCUT2D eigenvalue weighted by Crippen LogP contribution is -2.22. The lowest BCUT2D eigenvalue weighted by Gasteiger charge is -2.07. The van der Waals surface area contributed by atoms with Crippen LogP contribution in [0.2, 0.25) is 0 Å². The van der Waals surface area contributed by atoms with Gasteiger partial charge < -0.3 is 15.8 Å². The minimum Gasteiger partial charge on any atom is -0.477 e. The number of pyridine rings is 2. The maximum atomic E-state index is 11.7. The molecule has 0 atom stereocenters. The fraction of sp³-hybridized carbons (Fsp3) is 0.182. The molecule has 0 spiro atoms. The Hall–Kier alpha value is -2.21. The van der Waals surface area contributed by atoms with Crippen LogP contribution < -0.4 is 11.3 Å². The second-order valence-corrected chi connectivity index (χ2v) is 3.55. The van der Waals surface area contributed by atoms with Crippen LogP contribution in [0, 0.1) is 0 Å². The Bertz CT molecular complexity index is 633. The molecule has 2 heterocycles. The van der Waals surface area contributed by atoms with Crippen LogP contribution in [-0.2, 0) is 6.42 Å². The molecule has 88 valence electrons. The molecule has 0 radical (unpaired) electrons. The number of carboxylic acid groups (broad SMARTS) is 1. The maximum absolute atomic E-state index is 11.7. The summed E-state index contributed by atoms with van der Waals surface area (Å²) in [6.45, 7) is 0.272. The molecule has 0 aromatic carbocycles. The first-order valence-corrected chi connectivity index (χ1v) is 5.08. The summed E-state index contributed by atoms with van der Waals surface area (Å²) in [6.07, 6.45) is 1.86. The summed E-state index contributed by atoms with van der Waals surface area (Å²) in [5.41, 5.74) is 5.36. The molecule has 0 aliphatic carbocycles. The second-order valence-electron chi connectivity index (χ2n) is 3.55. The third-order valence-electron chi connectivity index (χ3n) is 2.50. The molecule has 4 N–H and O–H groups in total. The van der Waals surface area contributed by atoms with E-state index in [9.17, 15) is 9.59 Å². The van der Waals surface area contributed by atoms with Crippen molar-refractivity contribution in [2.24, 2.45) is 5.73 Å². The lowest BCUT2D eigenvalue weighted by molar-refractivity contribution is 0.0694. The number of aromatic carboxylic acids is 1. The minimum atomic E-state index is -1.25. The predicted molar refractivity (Wildman–Crippen MR) is 62.1 cm³/mol. The number of nitrogens with two attached hydrogens (primary N) is 1. The number of H-pyrrole nitrogens is 1. The highest BCUT2D eigenvalue weighted by Gasteiger charge is 2.18. The summed E-state index contributed by atoms with van der Waals surface area (Å²) >= 11 is 0. The van der Waals surface area contributed by atoms with E-state index in [4.69, 9.17) is 10.8 Å². The zero-order chi connectivity index (χ0) is 12.4. The van der Waals surface area contributed by atoms with E-state index in [1.54, 1.807) is 12.1 Å². The zero-order valence-electron chi connectivity index (χ0n) is 8.93. The van der Waals surface area contributed by atoms with E-state index in [-0.39, 0.29) is 12.1 Å². The van der Waals surface area contributed by atoms with E-state index in [1.165, 1.54) is 6.20 Å². The number of aromatic nitrogens is 2. The third-order valence-corrected chi connectivity index (χ3v) is 2.50. The molecule has 2 rings (SSSR count). The molecule has 0 fully saturated rings. The predicted octanol–water partition coefficient (Wildman–Crippen LogP) is 0.122. The Balaban J connectivity index is 2.88. The van der Waals surface area contributed by atoms with Crippen LogP contribution in [0.1, 0.15) is 15.9 Å². The number of carboxylic acids is 1. The summed E-state index contributed by atoms with van der Waals surface area (Å²) in [5, 5.41) is 9.67. The number of nitrogens with one attached hydrogen (secondary N) is 1. The first-order valence-electron chi connectivity index (χ1n) is 5.08. The third kappa shape index (κ3) is 1.90. The summed E-state index contributed by atoms with van der Waals surface area (Å²) < 4.78 is 0. The Morgan fingerprint density at radius 3 is 2.94 bits per heavy atom. The summed E-state index contributed by atoms with van der Waals surface area (Å²) in [4.78, 5) is 29.2. The van der Waals surface area contributed by atoms with E-state index in [0.717, 1.165) is 0 Å². The Kier molecular flexibility index (Phi) is 2.88. The number of fused-ring (bicyclic) bond motifs is 1. The van der Waals surface area contributed by atoms with Crippen molar-refractivity contribution < 1.29 is 9.90 Å². The van der Waals surface area contributed by atoms with Crippen molar-refractivity contribution in [3.8, 4) is 0 Å². The van der Waals surface area contributed by atoms with Gasteiger partial charge in [-0.3, -0.25) is 4.79 Å². The molecule has 0 aliphatic rings. The molecule has 0 unspecified atom stereocenters. The van der Waals surface area contributed by atoms with Gasteiger partial charge in [0.2, 0.25) is 0 Å². The molecule has 2 aromatic heterocycles. The number of carbonyl (C=O) groups is 1. The van der Waals surface area contributed by atoms with Gasteiger partial charge in [0.1, 0.15) is 11.2 Å². The highest BCUT2D eigenvalue weighted by molar-refractivity contribution is 5.95. The second kappa shape index (κ2) is 4.34. The van der Waals surface area contributed by atoms with Gasteiger partial charge in [-0.2, -0.15) is 0 Å². The standard InChI is InChI=1S/C11H11N3O3/c12-4-3-6-7-2-1-5-13-9(7)14-10(15)8(6)11(16)17/h1-2,5H,3-4,12H2,(H,16,17)(H,13,14,15). The van der Waals surface area contributed by atoms with Crippen LogP contribution in [-0.4, -0.2) is 27.6 Å². The van der Waals surface area contributed by atoms with Crippen molar-refractivity contribution in [1.29, 1.82) is 0 Å². The topological polar surface area (TPSA) is 109 Å². The Labute approximate surface area is 96.1 Å². The van der Waals surface area contributed by atoms with Crippen LogP contribution >= 0.6 is 0 Å². The van der Waals surface area contributed by atoms with Gasteiger partial charge in [-0.05, 0) is 30.7 Å². The number of hydrogen-bond donors (Lipinski definition) is 3. The zero-order valence-corrected chi connectivity index (χ0v) is 8.93. The molecule has 6 heteroatoms. The monoisotopic (exact) mass is 233 g/mol. The van der Waals surface area contributed by atoms with Gasteiger partial charge in [-0.25, -0.2) is 9.78 Å². The SMILES string of the molecule is NCCc1c(C(=O)O)c(=O)[nH]c2ncccc12. The first-order chi connectivity index (χ1) is 8.15. The van der Waals surface area contributed by atoms with Crippen LogP contribution in [0.15, 0.2) is 23.1 Å². The van der Waals surface area contributed by atoms with Crippen LogP contribution in [0.25, 0.3) is 11.0 Å². The summed E-state index contributed by atoms with van der Waals surface area (Å²) in [6, 6.07) is 3.40. The van der Waals surface area contributed by atoms with E-state index < -0.39 is 11.5 Å². The Morgan fingerprint density at radius 2 is 2.29 bits per heavy atom. The van der Waals surface area contributed by atoms with Gasteiger partial charge >= 0.3 is 5.97 Å². The van der Waals surface area contributed by atoms with Crippen molar-refractivity contribution >= 4 is 17.0 Å². The minimum absolute atomic E-state index is 0.254. The number of nitrogens with zero attached hydrogens (tertiary/aromatic N) is 1. The van der Waals surface area contributed by atoms with Crippen LogP contribution in [0.5, 0.6) is 0 Å². The van der Waals surface area contributed by atoms with E-state index >= 15 is 0 Å². The Morgan fingerprint density at radius 1 is 1.53 bits per heavy atom. The lowest BCUT2D eigenvalue weighted by atomic mass is 10.0. The maximum Gasteiger partial charge on any atom is 0.341 e. The van der Waals surface area contributed by atoms with Gasteiger partial charge in [0.25, 0.3) is 5.56 Å². The molecule has 17 heavy (non-hydrogen) atoms. The highest BCUT2D eigenvalue weighted by atomic mass is 16.4. The molecule has 0 saturated heterocycles. The molecular formula is C11H11N3O3. The first kappa shape index (κ1) is 11.3. The van der Waals surface area contributed by atoms with E-state index in [2.05, 4.69) is 9.97 Å². The van der Waals surface area contributed by atoms with Crippen LogP contribution in [0.3, 0.4) is 0 Å². The van der Waals surface area contributed by atoms with Gasteiger partial charge in [0, 0.05) is 11.6 Å². The molecule has 0 aliphatic heterocycles. The van der Waals surface area contributed by atoms with Gasteiger partial charge in [-0.15, -0.1) is 0 Å². The van der Waals surface area contributed by atoms with Gasteiger partial charge in [0.15, 0.2) is 0 Å². The van der Waals surface area contributed by atoms with E-state index in [1.807, 2.05) is 0 Å². The van der Waals surface area contributed by atoms with Gasteiger partial charge in [0.05, 0.1) is 0 Å². The average molecular weight is 233 g/mol. The normalized spacial score (nSPS) is 10.6. The fourth-order valence-electron chi connectivity index (χ4n) is 1.82. The number of aromatic amines is 1. The van der Waals surface area contributed by atoms with Crippen LogP contribution in [0.4, 0.5) is 0 Å². The highest BCUT2D eigenvalue weighted by Crippen LogP contribution is 2.16. The molecule has 0 bridgehead atoms. The molecule has 6 nitrogen and oxygen atoms in total. The quantitative estimate of drug-likeness (QED) is 0.697. The van der Waals surface area contributed by atoms with E-state index in [0.29, 0.717) is 23.0 Å². The largest absolute Gasteiger partial charge is 0.477 e. The van der Waals surface area contributed by atoms with Gasteiger partial charge in [-0.1, -0.05) is 0 Å². The molecule has 2 aromatic rings. The molecule has 0 saturated carbocycles. The summed E-state index contributed by atoms with van der Waals surface area (Å²) in [5.74, 6) is -1.25. The van der Waals surface area contributed by atoms with Crippen molar-refractivity contribution in [1.82, 2.24) is 9.97 Å². The van der Waals surface area contributed by atoms with Crippen molar-refractivity contribution in [2.75, 3.05) is 6.54 Å². The van der Waals surface area contributed by atoms with Crippen molar-refractivity contribution in [3.05, 3.63) is 39.8 Å².